The van der Waals surface area contributed by atoms with E-state index in [1.54, 1.807) is 19.9 Å². The Kier molecular flexibility index (Phi) is 3.74. The number of phenolic OH excluding ortho intramolecular Hbond substituents is 2. The zero-order valence-corrected chi connectivity index (χ0v) is 12.9. The van der Waals surface area contributed by atoms with Crippen molar-refractivity contribution in [1.29, 1.82) is 0 Å². The van der Waals surface area contributed by atoms with Crippen molar-refractivity contribution in [3.63, 3.8) is 0 Å². The molecule has 1 aromatic rings. The lowest BCUT2D eigenvalue weighted by molar-refractivity contribution is 0.0174. The Bertz CT molecular complexity index is 706. The molecule has 5 N–H and O–H groups in total. The van der Waals surface area contributed by atoms with E-state index in [2.05, 4.69) is 0 Å². The second-order valence-corrected chi connectivity index (χ2v) is 6.15. The Labute approximate surface area is 133 Å². The number of hydrogen-bond donors (Lipinski definition) is 5. The fourth-order valence-electron chi connectivity index (χ4n) is 3.18. The molecule has 1 heterocycles. The molecule has 3 rings (SSSR count). The van der Waals surface area contributed by atoms with Gasteiger partial charge in [0.1, 0.15) is 41.3 Å². The van der Waals surface area contributed by atoms with Crippen LogP contribution in [0.15, 0.2) is 29.6 Å². The summed E-state index contributed by atoms with van der Waals surface area (Å²) in [6, 6.07) is 1.24. The van der Waals surface area contributed by atoms with E-state index in [4.69, 9.17) is 4.74 Å². The third-order valence-corrected chi connectivity index (χ3v) is 4.65. The zero-order chi connectivity index (χ0) is 16.9. The smallest absolute Gasteiger partial charge is 0.147 e. The van der Waals surface area contributed by atoms with E-state index >= 15 is 0 Å². The minimum Gasteiger partial charge on any atom is -0.510 e. The lowest BCUT2D eigenvalue weighted by atomic mass is 9.82. The normalized spacial score (nSPS) is 30.1. The summed E-state index contributed by atoms with van der Waals surface area (Å²) in [5, 5.41) is 49.8. The molecule has 6 nitrogen and oxygen atoms in total. The average Bonchev–Trinajstić information content (AvgIpc) is 2.50. The molecule has 1 aliphatic heterocycles. The molecule has 6 heteroatoms. The van der Waals surface area contributed by atoms with E-state index in [1.807, 2.05) is 0 Å². The molecule has 0 saturated carbocycles. The van der Waals surface area contributed by atoms with E-state index in [1.165, 1.54) is 12.1 Å². The SMILES string of the molecule is Cc1c(O)cc(O)c2c1OC(C1=CC=C(O)C(O)C1)C(O)C2C. The number of ether oxygens (including phenoxy) is 1. The van der Waals surface area contributed by atoms with Gasteiger partial charge in [0.05, 0.1) is 0 Å². The van der Waals surface area contributed by atoms with Crippen molar-refractivity contribution in [2.24, 2.45) is 0 Å². The third-order valence-electron chi connectivity index (χ3n) is 4.65. The van der Waals surface area contributed by atoms with E-state index < -0.39 is 24.2 Å². The van der Waals surface area contributed by atoms with Crippen molar-refractivity contribution in [3.8, 4) is 17.2 Å². The van der Waals surface area contributed by atoms with Crippen LogP contribution in [0.1, 0.15) is 30.4 Å². The first-order valence-corrected chi connectivity index (χ1v) is 7.49. The van der Waals surface area contributed by atoms with Crippen molar-refractivity contribution in [3.05, 3.63) is 40.7 Å². The lowest BCUT2D eigenvalue weighted by Crippen LogP contribution is -2.42. The van der Waals surface area contributed by atoms with Gasteiger partial charge in [-0.1, -0.05) is 13.0 Å². The van der Waals surface area contributed by atoms with Gasteiger partial charge in [0.15, 0.2) is 0 Å². The van der Waals surface area contributed by atoms with Gasteiger partial charge in [0.25, 0.3) is 0 Å². The minimum atomic E-state index is -1.03. The topological polar surface area (TPSA) is 110 Å². The highest BCUT2D eigenvalue weighted by Crippen LogP contribution is 2.48. The molecular weight excluding hydrogens is 300 g/mol. The van der Waals surface area contributed by atoms with Crippen LogP contribution < -0.4 is 4.74 Å². The molecule has 0 amide bonds. The summed E-state index contributed by atoms with van der Waals surface area (Å²) in [5.74, 6) is -0.402. The highest BCUT2D eigenvalue weighted by molar-refractivity contribution is 5.59. The summed E-state index contributed by atoms with van der Waals surface area (Å²) in [5.41, 5.74) is 1.58. The Hall–Kier alpha value is -2.18. The van der Waals surface area contributed by atoms with Gasteiger partial charge in [-0.2, -0.15) is 0 Å². The summed E-state index contributed by atoms with van der Waals surface area (Å²) >= 11 is 0. The average molecular weight is 320 g/mol. The van der Waals surface area contributed by atoms with E-state index in [0.717, 1.165) is 0 Å². The molecule has 23 heavy (non-hydrogen) atoms. The lowest BCUT2D eigenvalue weighted by Gasteiger charge is -2.38. The number of fused-ring (bicyclic) bond motifs is 1. The largest absolute Gasteiger partial charge is 0.510 e. The van der Waals surface area contributed by atoms with Gasteiger partial charge >= 0.3 is 0 Å². The molecule has 0 spiro atoms. The maximum Gasteiger partial charge on any atom is 0.147 e. The van der Waals surface area contributed by atoms with E-state index in [0.29, 0.717) is 22.4 Å². The van der Waals surface area contributed by atoms with Gasteiger partial charge in [0, 0.05) is 29.5 Å². The second kappa shape index (κ2) is 5.47. The molecule has 0 fully saturated rings. The van der Waals surface area contributed by atoms with Gasteiger partial charge in [-0.15, -0.1) is 0 Å². The highest BCUT2D eigenvalue weighted by atomic mass is 16.5. The van der Waals surface area contributed by atoms with Gasteiger partial charge in [-0.25, -0.2) is 0 Å². The van der Waals surface area contributed by atoms with Crippen molar-refractivity contribution >= 4 is 0 Å². The number of rotatable bonds is 1. The van der Waals surface area contributed by atoms with Gasteiger partial charge in [-0.05, 0) is 18.6 Å². The molecule has 1 aliphatic carbocycles. The Morgan fingerprint density at radius 3 is 2.43 bits per heavy atom. The van der Waals surface area contributed by atoms with Crippen molar-refractivity contribution in [2.45, 2.75) is 44.5 Å². The molecule has 0 saturated heterocycles. The number of hydrogen-bond acceptors (Lipinski definition) is 6. The minimum absolute atomic E-state index is 0.0845. The number of benzene rings is 1. The number of allylic oxidation sites excluding steroid dienone is 2. The first-order valence-electron chi connectivity index (χ1n) is 7.49. The predicted octanol–water partition coefficient (Wildman–Crippen LogP) is 1.76. The van der Waals surface area contributed by atoms with Crippen LogP contribution in [-0.2, 0) is 0 Å². The molecule has 0 radical (unpaired) electrons. The fraction of sp³-hybridized carbons (Fsp3) is 0.412. The molecule has 2 aliphatic rings. The molecule has 0 bridgehead atoms. The fourth-order valence-corrected chi connectivity index (χ4v) is 3.18. The number of aromatic hydroxyl groups is 2. The molecule has 124 valence electrons. The van der Waals surface area contributed by atoms with E-state index in [9.17, 15) is 25.5 Å². The summed E-state index contributed by atoms with van der Waals surface area (Å²) < 4.78 is 5.87. The van der Waals surface area contributed by atoms with Crippen LogP contribution in [0.2, 0.25) is 0 Å². The van der Waals surface area contributed by atoms with Crippen LogP contribution in [0.25, 0.3) is 0 Å². The summed E-state index contributed by atoms with van der Waals surface area (Å²) in [6.07, 6.45) is 0.468. The summed E-state index contributed by atoms with van der Waals surface area (Å²) in [7, 11) is 0. The van der Waals surface area contributed by atoms with Gasteiger partial charge < -0.3 is 30.3 Å². The number of phenols is 2. The zero-order valence-electron chi connectivity index (χ0n) is 12.9. The Balaban J connectivity index is 2.05. The van der Waals surface area contributed by atoms with Gasteiger partial charge in [-0.3, -0.25) is 0 Å². The van der Waals surface area contributed by atoms with Crippen LogP contribution >= 0.6 is 0 Å². The molecule has 4 unspecified atom stereocenters. The predicted molar refractivity (Wildman–Crippen MR) is 82.8 cm³/mol. The van der Waals surface area contributed by atoms with Crippen LogP contribution in [0.4, 0.5) is 0 Å². The second-order valence-electron chi connectivity index (χ2n) is 6.15. The van der Waals surface area contributed by atoms with Crippen LogP contribution in [0.5, 0.6) is 17.2 Å². The van der Waals surface area contributed by atoms with Gasteiger partial charge in [0.2, 0.25) is 0 Å². The Morgan fingerprint density at radius 2 is 1.78 bits per heavy atom. The molecule has 1 aromatic carbocycles. The third kappa shape index (κ3) is 2.44. The Morgan fingerprint density at radius 1 is 1.09 bits per heavy atom. The van der Waals surface area contributed by atoms with E-state index in [-0.39, 0.29) is 23.7 Å². The number of aliphatic hydroxyl groups excluding tert-OH is 3. The standard InChI is InChI=1S/C17H20O6/c1-7-11(19)6-13(21)14-8(2)15(22)17(23-16(7)14)9-3-4-10(18)12(20)5-9/h3-4,6,8,12,15,17-22H,5H2,1-2H3. The van der Waals surface area contributed by atoms with Crippen molar-refractivity contribution in [1.82, 2.24) is 0 Å². The van der Waals surface area contributed by atoms with Crippen LogP contribution in [-0.4, -0.2) is 43.8 Å². The van der Waals surface area contributed by atoms with Crippen molar-refractivity contribution in [2.75, 3.05) is 0 Å². The van der Waals surface area contributed by atoms with Crippen LogP contribution in [0.3, 0.4) is 0 Å². The van der Waals surface area contributed by atoms with Crippen molar-refractivity contribution < 1.29 is 30.3 Å². The first kappa shape index (κ1) is 15.7. The maximum absolute atomic E-state index is 10.6. The quantitative estimate of drug-likeness (QED) is 0.539. The highest BCUT2D eigenvalue weighted by Gasteiger charge is 2.40. The molecule has 4 atom stereocenters. The monoisotopic (exact) mass is 320 g/mol. The molecular formula is C17H20O6. The maximum atomic E-state index is 10.6. The first-order chi connectivity index (χ1) is 10.8. The summed E-state index contributed by atoms with van der Waals surface area (Å²) in [4.78, 5) is 0. The summed E-state index contributed by atoms with van der Waals surface area (Å²) in [6.45, 7) is 3.44. The number of aliphatic hydroxyl groups is 3. The molecule has 0 aromatic heterocycles. The van der Waals surface area contributed by atoms with Crippen LogP contribution in [0, 0.1) is 6.92 Å².